The molecule has 1 heterocycles. The fourth-order valence-electron chi connectivity index (χ4n) is 1.48. The van der Waals surface area contributed by atoms with E-state index in [1.165, 1.54) is 0 Å². The lowest BCUT2D eigenvalue weighted by Crippen LogP contribution is -2.17. The summed E-state index contributed by atoms with van der Waals surface area (Å²) >= 11 is 0. The second-order valence-corrected chi connectivity index (χ2v) is 3.83. The van der Waals surface area contributed by atoms with Crippen molar-refractivity contribution >= 4 is 0 Å². The van der Waals surface area contributed by atoms with Gasteiger partial charge in [-0.15, -0.1) is 0 Å². The van der Waals surface area contributed by atoms with E-state index in [9.17, 15) is 5.11 Å². The number of nitrogens with zero attached hydrogens (tertiary/aromatic N) is 3. The van der Waals surface area contributed by atoms with Crippen molar-refractivity contribution in [3.05, 3.63) is 11.9 Å². The van der Waals surface area contributed by atoms with Crippen molar-refractivity contribution in [2.45, 2.75) is 12.5 Å². The van der Waals surface area contributed by atoms with Gasteiger partial charge >= 0.3 is 0 Å². The molecule has 86 valence electrons. The van der Waals surface area contributed by atoms with Gasteiger partial charge in [-0.05, 0) is 20.5 Å². The second-order valence-electron chi connectivity index (χ2n) is 3.83. The molecule has 0 spiro atoms. The highest BCUT2D eigenvalue weighted by molar-refractivity contribution is 5.26. The summed E-state index contributed by atoms with van der Waals surface area (Å²) in [5, 5.41) is 14.0. The Morgan fingerprint density at radius 3 is 2.80 bits per heavy atom. The Morgan fingerprint density at radius 1 is 1.60 bits per heavy atom. The molecule has 1 rings (SSSR count). The predicted molar refractivity (Wildman–Crippen MR) is 57.9 cm³/mol. The zero-order valence-electron chi connectivity index (χ0n) is 9.77. The van der Waals surface area contributed by atoms with E-state index < -0.39 is 6.10 Å². The van der Waals surface area contributed by atoms with Crippen LogP contribution in [-0.2, 0) is 7.05 Å². The van der Waals surface area contributed by atoms with Crippen LogP contribution < -0.4 is 4.74 Å². The highest BCUT2D eigenvalue weighted by atomic mass is 16.5. The van der Waals surface area contributed by atoms with Crippen LogP contribution in [0.5, 0.6) is 5.75 Å². The minimum Gasteiger partial charge on any atom is -0.493 e. The molecule has 5 nitrogen and oxygen atoms in total. The summed E-state index contributed by atoms with van der Waals surface area (Å²) in [5.74, 6) is 0.642. The molecule has 5 heteroatoms. The fraction of sp³-hybridized carbons (Fsp3) is 0.700. The van der Waals surface area contributed by atoms with Crippen LogP contribution in [0.3, 0.4) is 0 Å². The molecule has 0 amide bonds. The van der Waals surface area contributed by atoms with Gasteiger partial charge in [0, 0.05) is 13.6 Å². The van der Waals surface area contributed by atoms with E-state index in [-0.39, 0.29) is 0 Å². The van der Waals surface area contributed by atoms with Gasteiger partial charge in [0.15, 0.2) is 5.75 Å². The number of hydrogen-bond acceptors (Lipinski definition) is 4. The van der Waals surface area contributed by atoms with E-state index in [0.717, 1.165) is 12.2 Å². The Kier molecular flexibility index (Phi) is 4.11. The van der Waals surface area contributed by atoms with E-state index in [2.05, 4.69) is 5.10 Å². The van der Waals surface area contributed by atoms with Gasteiger partial charge in [0.1, 0.15) is 11.8 Å². The fourth-order valence-corrected chi connectivity index (χ4v) is 1.48. The molecule has 1 N–H and O–H groups in total. The number of aliphatic hydroxyl groups excluding tert-OH is 1. The van der Waals surface area contributed by atoms with E-state index in [4.69, 9.17) is 4.74 Å². The Hall–Kier alpha value is -1.07. The lowest BCUT2D eigenvalue weighted by molar-refractivity contribution is 0.142. The zero-order chi connectivity index (χ0) is 11.4. The standard InChI is InChI=1S/C10H19N3O2/c1-12(2)6-5-8(14)10-9(15-4)7-11-13(10)3/h7-8,14H,5-6H2,1-4H3. The van der Waals surface area contributed by atoms with Crippen LogP contribution in [0.25, 0.3) is 0 Å². The van der Waals surface area contributed by atoms with Crippen molar-refractivity contribution in [1.29, 1.82) is 0 Å². The lowest BCUT2D eigenvalue weighted by atomic mass is 10.1. The normalized spacial score (nSPS) is 13.2. The molecule has 1 aromatic heterocycles. The molecule has 1 aromatic rings. The third kappa shape index (κ3) is 2.94. The summed E-state index contributed by atoms with van der Waals surface area (Å²) in [7, 11) is 7.34. The average molecular weight is 213 g/mol. The number of rotatable bonds is 5. The number of ether oxygens (including phenoxy) is 1. The van der Waals surface area contributed by atoms with Gasteiger partial charge in [-0.3, -0.25) is 4.68 Å². The first-order chi connectivity index (χ1) is 7.06. The van der Waals surface area contributed by atoms with Gasteiger partial charge in [-0.2, -0.15) is 5.10 Å². The van der Waals surface area contributed by atoms with Crippen molar-refractivity contribution in [1.82, 2.24) is 14.7 Å². The Balaban J connectivity index is 2.71. The summed E-state index contributed by atoms with van der Waals surface area (Å²) in [5.41, 5.74) is 0.736. The maximum Gasteiger partial charge on any atom is 0.162 e. The summed E-state index contributed by atoms with van der Waals surface area (Å²) < 4.78 is 6.79. The van der Waals surface area contributed by atoms with Gasteiger partial charge in [0.25, 0.3) is 0 Å². The van der Waals surface area contributed by atoms with Gasteiger partial charge in [-0.25, -0.2) is 0 Å². The highest BCUT2D eigenvalue weighted by Crippen LogP contribution is 2.26. The topological polar surface area (TPSA) is 50.5 Å². The van der Waals surface area contributed by atoms with Gasteiger partial charge in [-0.1, -0.05) is 0 Å². The number of aryl methyl sites for hydroxylation is 1. The lowest BCUT2D eigenvalue weighted by Gasteiger charge is -2.15. The van der Waals surface area contributed by atoms with Crippen LogP contribution >= 0.6 is 0 Å². The van der Waals surface area contributed by atoms with Crippen molar-refractivity contribution < 1.29 is 9.84 Å². The predicted octanol–water partition coefficient (Wildman–Crippen LogP) is 0.414. The SMILES string of the molecule is COc1cnn(C)c1C(O)CCN(C)C. The number of aliphatic hydroxyl groups is 1. The minimum atomic E-state index is -0.533. The maximum absolute atomic E-state index is 9.98. The second kappa shape index (κ2) is 5.14. The third-order valence-electron chi connectivity index (χ3n) is 2.33. The highest BCUT2D eigenvalue weighted by Gasteiger charge is 2.17. The van der Waals surface area contributed by atoms with Crippen LogP contribution in [0.1, 0.15) is 18.2 Å². The first-order valence-corrected chi connectivity index (χ1v) is 4.95. The monoisotopic (exact) mass is 213 g/mol. The zero-order valence-corrected chi connectivity index (χ0v) is 9.77. The largest absolute Gasteiger partial charge is 0.493 e. The van der Waals surface area contributed by atoms with Crippen LogP contribution in [0.4, 0.5) is 0 Å². The number of aromatic nitrogens is 2. The first-order valence-electron chi connectivity index (χ1n) is 4.95. The third-order valence-corrected chi connectivity index (χ3v) is 2.33. The van der Waals surface area contributed by atoms with E-state index >= 15 is 0 Å². The molecular formula is C10H19N3O2. The molecule has 0 aromatic carbocycles. The Morgan fingerprint density at radius 2 is 2.27 bits per heavy atom. The van der Waals surface area contributed by atoms with Crippen LogP contribution in [0, 0.1) is 0 Å². The average Bonchev–Trinajstić information content (AvgIpc) is 2.56. The molecule has 1 unspecified atom stereocenters. The molecule has 1 atom stereocenters. The molecule has 0 aliphatic heterocycles. The molecule has 0 fully saturated rings. The van der Waals surface area contributed by atoms with Gasteiger partial charge < -0.3 is 14.7 Å². The van der Waals surface area contributed by atoms with Crippen LogP contribution in [0.2, 0.25) is 0 Å². The Labute approximate surface area is 90.3 Å². The smallest absolute Gasteiger partial charge is 0.162 e. The van der Waals surface area contributed by atoms with Crippen LogP contribution in [-0.4, -0.2) is 47.5 Å². The van der Waals surface area contributed by atoms with E-state index in [1.807, 2.05) is 19.0 Å². The van der Waals surface area contributed by atoms with E-state index in [1.54, 1.807) is 25.0 Å². The summed E-state index contributed by atoms with van der Waals surface area (Å²) in [6.07, 6.45) is 1.76. The molecule has 0 aliphatic rings. The summed E-state index contributed by atoms with van der Waals surface area (Å²) in [6.45, 7) is 0.829. The Bertz CT molecular complexity index is 310. The number of hydrogen-bond donors (Lipinski definition) is 1. The molecular weight excluding hydrogens is 194 g/mol. The quantitative estimate of drug-likeness (QED) is 0.770. The molecule has 15 heavy (non-hydrogen) atoms. The minimum absolute atomic E-state index is 0.533. The van der Waals surface area contributed by atoms with Crippen LogP contribution in [0.15, 0.2) is 6.20 Å². The first kappa shape index (κ1) is 12.0. The van der Waals surface area contributed by atoms with E-state index in [0.29, 0.717) is 12.2 Å². The maximum atomic E-state index is 9.98. The molecule has 0 aliphatic carbocycles. The van der Waals surface area contributed by atoms with Crippen molar-refractivity contribution in [3.63, 3.8) is 0 Å². The van der Waals surface area contributed by atoms with Crippen molar-refractivity contribution in [2.75, 3.05) is 27.7 Å². The van der Waals surface area contributed by atoms with Gasteiger partial charge in [0.2, 0.25) is 0 Å². The molecule has 0 saturated carbocycles. The number of methoxy groups -OCH3 is 1. The van der Waals surface area contributed by atoms with Gasteiger partial charge in [0.05, 0.1) is 13.3 Å². The molecule has 0 bridgehead atoms. The molecule has 0 saturated heterocycles. The molecule has 0 radical (unpaired) electrons. The summed E-state index contributed by atoms with van der Waals surface area (Å²) in [4.78, 5) is 2.03. The van der Waals surface area contributed by atoms with Crippen molar-refractivity contribution in [3.8, 4) is 5.75 Å². The summed E-state index contributed by atoms with van der Waals surface area (Å²) in [6, 6.07) is 0. The van der Waals surface area contributed by atoms with Crippen molar-refractivity contribution in [2.24, 2.45) is 7.05 Å².